The SMILES string of the molecule is CN=C(NCC(C)CN1CCN(C)CC1)N1CCN(c2ncccn2)CC1. The Balaban J connectivity index is 1.40. The lowest BCUT2D eigenvalue weighted by Gasteiger charge is -2.37. The van der Waals surface area contributed by atoms with E-state index in [-0.39, 0.29) is 0 Å². The highest BCUT2D eigenvalue weighted by atomic mass is 15.4. The van der Waals surface area contributed by atoms with Gasteiger partial charge in [-0.1, -0.05) is 6.92 Å². The summed E-state index contributed by atoms with van der Waals surface area (Å²) >= 11 is 0. The summed E-state index contributed by atoms with van der Waals surface area (Å²) in [5.41, 5.74) is 0. The molecule has 0 radical (unpaired) electrons. The highest BCUT2D eigenvalue weighted by Crippen LogP contribution is 2.10. The number of likely N-dealkylation sites (N-methyl/N-ethyl adjacent to an activating group) is 1. The molecule has 2 saturated heterocycles. The van der Waals surface area contributed by atoms with Crippen LogP contribution in [-0.2, 0) is 0 Å². The quantitative estimate of drug-likeness (QED) is 0.577. The van der Waals surface area contributed by atoms with Crippen molar-refractivity contribution >= 4 is 11.9 Å². The summed E-state index contributed by atoms with van der Waals surface area (Å²) in [7, 11) is 4.08. The van der Waals surface area contributed by atoms with E-state index in [2.05, 4.69) is 53.8 Å². The van der Waals surface area contributed by atoms with Gasteiger partial charge in [0.15, 0.2) is 5.96 Å². The molecule has 27 heavy (non-hydrogen) atoms. The molecule has 1 aromatic heterocycles. The number of nitrogens with one attached hydrogen (secondary N) is 1. The topological polar surface area (TPSA) is 63.1 Å². The van der Waals surface area contributed by atoms with Crippen molar-refractivity contribution in [2.24, 2.45) is 10.9 Å². The van der Waals surface area contributed by atoms with Crippen molar-refractivity contribution in [3.8, 4) is 0 Å². The van der Waals surface area contributed by atoms with E-state index >= 15 is 0 Å². The van der Waals surface area contributed by atoms with Gasteiger partial charge in [0.05, 0.1) is 0 Å². The van der Waals surface area contributed by atoms with Crippen LogP contribution in [0.25, 0.3) is 0 Å². The molecule has 2 fully saturated rings. The molecule has 150 valence electrons. The third-order valence-corrected chi connectivity index (χ3v) is 5.40. The Morgan fingerprint density at radius 1 is 1.07 bits per heavy atom. The molecular formula is C19H34N8. The molecular weight excluding hydrogens is 340 g/mol. The van der Waals surface area contributed by atoms with Crippen LogP contribution in [0, 0.1) is 5.92 Å². The Hall–Kier alpha value is -1.93. The highest BCUT2D eigenvalue weighted by Gasteiger charge is 2.22. The summed E-state index contributed by atoms with van der Waals surface area (Å²) in [5.74, 6) is 2.43. The van der Waals surface area contributed by atoms with Crippen molar-refractivity contribution in [3.63, 3.8) is 0 Å². The summed E-state index contributed by atoms with van der Waals surface area (Å²) in [5, 5.41) is 3.58. The van der Waals surface area contributed by atoms with Gasteiger partial charge in [0.1, 0.15) is 0 Å². The average Bonchev–Trinajstić information content (AvgIpc) is 2.71. The van der Waals surface area contributed by atoms with E-state index in [9.17, 15) is 0 Å². The van der Waals surface area contributed by atoms with Crippen LogP contribution < -0.4 is 10.2 Å². The van der Waals surface area contributed by atoms with Gasteiger partial charge < -0.3 is 24.9 Å². The van der Waals surface area contributed by atoms with Crippen LogP contribution in [0.3, 0.4) is 0 Å². The average molecular weight is 375 g/mol. The van der Waals surface area contributed by atoms with Crippen molar-refractivity contribution in [2.45, 2.75) is 6.92 Å². The molecule has 0 aliphatic carbocycles. The minimum atomic E-state index is 0.601. The smallest absolute Gasteiger partial charge is 0.225 e. The standard InChI is InChI=1S/C19H34N8/c1-17(16-25-9-7-24(3)8-10-25)15-23-18(20-2)26-11-13-27(14-12-26)19-21-5-4-6-22-19/h4-6,17H,7-16H2,1-3H3,(H,20,23). The molecule has 0 amide bonds. The van der Waals surface area contributed by atoms with Gasteiger partial charge in [-0.3, -0.25) is 4.99 Å². The van der Waals surface area contributed by atoms with Gasteiger partial charge in [-0.2, -0.15) is 0 Å². The van der Waals surface area contributed by atoms with E-state index in [1.54, 1.807) is 12.4 Å². The molecule has 0 aromatic carbocycles. The maximum absolute atomic E-state index is 4.50. The van der Waals surface area contributed by atoms with Crippen LogP contribution in [0.5, 0.6) is 0 Å². The van der Waals surface area contributed by atoms with Crippen molar-refractivity contribution in [2.75, 3.05) is 84.4 Å². The predicted molar refractivity (Wildman–Crippen MR) is 110 cm³/mol. The first kappa shape index (κ1) is 19.8. The zero-order valence-electron chi connectivity index (χ0n) is 17.0. The lowest BCUT2D eigenvalue weighted by atomic mass is 10.1. The molecule has 8 nitrogen and oxygen atoms in total. The second-order valence-electron chi connectivity index (χ2n) is 7.66. The molecule has 1 atom stereocenters. The summed E-state index contributed by atoms with van der Waals surface area (Å²) in [6.07, 6.45) is 3.61. The monoisotopic (exact) mass is 374 g/mol. The molecule has 1 unspecified atom stereocenters. The largest absolute Gasteiger partial charge is 0.356 e. The van der Waals surface area contributed by atoms with Gasteiger partial charge in [-0.05, 0) is 19.0 Å². The summed E-state index contributed by atoms with van der Waals surface area (Å²) in [4.78, 5) is 22.8. The van der Waals surface area contributed by atoms with Crippen LogP contribution in [0.2, 0.25) is 0 Å². The normalized spacial score (nSPS) is 21.4. The van der Waals surface area contributed by atoms with E-state index < -0.39 is 0 Å². The highest BCUT2D eigenvalue weighted by molar-refractivity contribution is 5.80. The fourth-order valence-electron chi connectivity index (χ4n) is 3.71. The van der Waals surface area contributed by atoms with E-state index in [0.29, 0.717) is 5.92 Å². The fraction of sp³-hybridized carbons (Fsp3) is 0.737. The molecule has 8 heteroatoms. The Morgan fingerprint density at radius 2 is 1.74 bits per heavy atom. The molecule has 1 N–H and O–H groups in total. The molecule has 0 bridgehead atoms. The molecule has 3 rings (SSSR count). The lowest BCUT2D eigenvalue weighted by molar-refractivity contribution is 0.139. The van der Waals surface area contributed by atoms with E-state index in [4.69, 9.17) is 0 Å². The molecule has 2 aliphatic heterocycles. The third-order valence-electron chi connectivity index (χ3n) is 5.40. The van der Waals surface area contributed by atoms with Crippen molar-refractivity contribution < 1.29 is 0 Å². The van der Waals surface area contributed by atoms with Crippen LogP contribution in [0.15, 0.2) is 23.5 Å². The molecule has 3 heterocycles. The van der Waals surface area contributed by atoms with Gasteiger partial charge >= 0.3 is 0 Å². The molecule has 1 aromatic rings. The number of anilines is 1. The van der Waals surface area contributed by atoms with Crippen molar-refractivity contribution in [1.29, 1.82) is 0 Å². The summed E-state index contributed by atoms with van der Waals surface area (Å²) in [6, 6.07) is 1.86. The first-order valence-electron chi connectivity index (χ1n) is 10.0. The Morgan fingerprint density at radius 3 is 2.37 bits per heavy atom. The van der Waals surface area contributed by atoms with Gasteiger partial charge in [-0.15, -0.1) is 0 Å². The van der Waals surface area contributed by atoms with Crippen LogP contribution in [0.1, 0.15) is 6.92 Å². The van der Waals surface area contributed by atoms with E-state index in [1.165, 1.54) is 26.2 Å². The first-order chi connectivity index (χ1) is 13.2. The molecule has 2 aliphatic rings. The lowest BCUT2D eigenvalue weighted by Crippen LogP contribution is -2.53. The van der Waals surface area contributed by atoms with Gasteiger partial charge in [0.25, 0.3) is 0 Å². The third kappa shape index (κ3) is 5.77. The summed E-state index contributed by atoms with van der Waals surface area (Å²) in [6.45, 7) is 12.9. The van der Waals surface area contributed by atoms with Crippen LogP contribution >= 0.6 is 0 Å². The minimum absolute atomic E-state index is 0.601. The second-order valence-corrected chi connectivity index (χ2v) is 7.66. The number of aromatic nitrogens is 2. The zero-order chi connectivity index (χ0) is 19.1. The zero-order valence-corrected chi connectivity index (χ0v) is 17.0. The molecule has 0 saturated carbocycles. The van der Waals surface area contributed by atoms with Gasteiger partial charge in [-0.25, -0.2) is 9.97 Å². The summed E-state index contributed by atoms with van der Waals surface area (Å²) < 4.78 is 0. The number of hydrogen-bond donors (Lipinski definition) is 1. The number of aliphatic imine (C=N–C) groups is 1. The second kappa shape index (κ2) is 9.85. The van der Waals surface area contributed by atoms with Crippen molar-refractivity contribution in [1.82, 2.24) is 30.0 Å². The van der Waals surface area contributed by atoms with Gasteiger partial charge in [0, 0.05) is 84.9 Å². The Labute approximate surface area is 163 Å². The molecule has 0 spiro atoms. The van der Waals surface area contributed by atoms with Crippen molar-refractivity contribution in [3.05, 3.63) is 18.5 Å². The fourth-order valence-corrected chi connectivity index (χ4v) is 3.71. The maximum atomic E-state index is 4.50. The van der Waals surface area contributed by atoms with Gasteiger partial charge in [0.2, 0.25) is 5.95 Å². The van der Waals surface area contributed by atoms with Crippen LogP contribution in [-0.4, -0.2) is 110 Å². The minimum Gasteiger partial charge on any atom is -0.356 e. The Bertz CT molecular complexity index is 577. The van der Waals surface area contributed by atoms with Crippen LogP contribution in [0.4, 0.5) is 5.95 Å². The number of rotatable bonds is 5. The first-order valence-corrected chi connectivity index (χ1v) is 10.0. The number of piperazine rings is 2. The number of hydrogen-bond acceptors (Lipinski definition) is 6. The van der Waals surface area contributed by atoms with E-state index in [1.807, 2.05) is 13.1 Å². The van der Waals surface area contributed by atoms with E-state index in [0.717, 1.165) is 51.2 Å². The predicted octanol–water partition coefficient (Wildman–Crippen LogP) is 0.0575. The Kier molecular flexibility index (Phi) is 7.23. The maximum Gasteiger partial charge on any atom is 0.225 e. The number of nitrogens with zero attached hydrogens (tertiary/aromatic N) is 7. The number of guanidine groups is 1.